The van der Waals surface area contributed by atoms with Crippen molar-refractivity contribution in [3.05, 3.63) is 18.2 Å². The second-order valence-corrected chi connectivity index (χ2v) is 4.35. The van der Waals surface area contributed by atoms with Gasteiger partial charge in [0.1, 0.15) is 0 Å². The summed E-state index contributed by atoms with van der Waals surface area (Å²) in [5.41, 5.74) is 11.1. The highest BCUT2D eigenvalue weighted by molar-refractivity contribution is 5.91. The van der Waals surface area contributed by atoms with Gasteiger partial charge in [0, 0.05) is 24.2 Å². The number of hydrogen-bond acceptors (Lipinski definition) is 5. The molecule has 1 atom stereocenters. The van der Waals surface area contributed by atoms with Crippen LogP contribution in [-0.2, 0) is 9.59 Å². The van der Waals surface area contributed by atoms with Crippen LogP contribution >= 0.6 is 12.4 Å². The molecule has 0 fully saturated rings. The summed E-state index contributed by atoms with van der Waals surface area (Å²) in [7, 11) is 1.47. The highest BCUT2D eigenvalue weighted by Crippen LogP contribution is 2.30. The van der Waals surface area contributed by atoms with Gasteiger partial charge in [-0.2, -0.15) is 0 Å². The lowest BCUT2D eigenvalue weighted by atomic mass is 10.2. The van der Waals surface area contributed by atoms with E-state index in [1.807, 2.05) is 0 Å². The third kappa shape index (κ3) is 6.82. The summed E-state index contributed by atoms with van der Waals surface area (Å²) in [5, 5.41) is 2.68. The van der Waals surface area contributed by atoms with Gasteiger partial charge in [-0.05, 0) is 19.1 Å². The maximum absolute atomic E-state index is 11.6. The van der Waals surface area contributed by atoms with Gasteiger partial charge < -0.3 is 26.3 Å². The topological polar surface area (TPSA) is 117 Å². The molecule has 0 radical (unpaired) electrons. The number of benzene rings is 1. The number of halogens is 1. The summed E-state index contributed by atoms with van der Waals surface area (Å²) < 4.78 is 10.3. The van der Waals surface area contributed by atoms with Crippen LogP contribution in [0, 0.1) is 0 Å². The number of hydrogen-bond donors (Lipinski definition) is 3. The van der Waals surface area contributed by atoms with Gasteiger partial charge in [0.05, 0.1) is 7.11 Å². The fourth-order valence-electron chi connectivity index (χ4n) is 1.52. The van der Waals surface area contributed by atoms with E-state index in [0.717, 1.165) is 0 Å². The van der Waals surface area contributed by atoms with Gasteiger partial charge >= 0.3 is 0 Å². The monoisotopic (exact) mass is 317 g/mol. The standard InChI is InChI=1S/C13H19N3O4.ClH/c1-8(14)5-13(18)16-9-3-4-10(19-2)11(6-9)20-7-12(15)17;/h3-4,6,8H,5,7,14H2,1-2H3,(H2,15,17)(H,16,18);1H. The van der Waals surface area contributed by atoms with E-state index in [-0.39, 0.29) is 37.4 Å². The Morgan fingerprint density at radius 2 is 2.00 bits per heavy atom. The summed E-state index contributed by atoms with van der Waals surface area (Å²) in [6.45, 7) is 1.47. The number of nitrogens with two attached hydrogens (primary N) is 2. The van der Waals surface area contributed by atoms with Crippen LogP contribution in [0.4, 0.5) is 5.69 Å². The molecule has 118 valence electrons. The quantitative estimate of drug-likeness (QED) is 0.683. The van der Waals surface area contributed by atoms with Crippen LogP contribution in [0.2, 0.25) is 0 Å². The molecule has 0 spiro atoms. The molecule has 5 N–H and O–H groups in total. The van der Waals surface area contributed by atoms with Crippen molar-refractivity contribution in [2.75, 3.05) is 19.0 Å². The van der Waals surface area contributed by atoms with Crippen LogP contribution in [-0.4, -0.2) is 31.6 Å². The third-order valence-corrected chi connectivity index (χ3v) is 2.32. The van der Waals surface area contributed by atoms with Crippen LogP contribution in [0.15, 0.2) is 18.2 Å². The average molecular weight is 318 g/mol. The van der Waals surface area contributed by atoms with Gasteiger partial charge in [-0.1, -0.05) is 0 Å². The molecule has 1 aromatic carbocycles. The van der Waals surface area contributed by atoms with E-state index in [9.17, 15) is 9.59 Å². The molecule has 0 bridgehead atoms. The normalized spacial score (nSPS) is 11.0. The first-order chi connectivity index (χ1) is 9.42. The summed E-state index contributed by atoms with van der Waals surface area (Å²) >= 11 is 0. The van der Waals surface area contributed by atoms with Crippen LogP contribution in [0.3, 0.4) is 0 Å². The van der Waals surface area contributed by atoms with E-state index < -0.39 is 5.91 Å². The van der Waals surface area contributed by atoms with E-state index in [1.165, 1.54) is 7.11 Å². The predicted molar refractivity (Wildman–Crippen MR) is 81.8 cm³/mol. The fourth-order valence-corrected chi connectivity index (χ4v) is 1.52. The molecule has 0 aromatic heterocycles. The maximum Gasteiger partial charge on any atom is 0.255 e. The Balaban J connectivity index is 0.00000400. The molecule has 1 rings (SSSR count). The van der Waals surface area contributed by atoms with Crippen molar-refractivity contribution >= 4 is 29.9 Å². The molecular weight excluding hydrogens is 298 g/mol. The van der Waals surface area contributed by atoms with E-state index in [1.54, 1.807) is 25.1 Å². The van der Waals surface area contributed by atoms with Gasteiger partial charge in [-0.3, -0.25) is 9.59 Å². The summed E-state index contributed by atoms with van der Waals surface area (Å²) in [6.07, 6.45) is 0.212. The Labute approximate surface area is 129 Å². The maximum atomic E-state index is 11.6. The summed E-state index contributed by atoms with van der Waals surface area (Å²) in [5.74, 6) is -0.0363. The summed E-state index contributed by atoms with van der Waals surface area (Å²) in [4.78, 5) is 22.3. The van der Waals surface area contributed by atoms with Crippen LogP contribution in [0.1, 0.15) is 13.3 Å². The molecule has 2 amide bonds. The molecule has 0 aliphatic rings. The summed E-state index contributed by atoms with van der Waals surface area (Å²) in [6, 6.07) is 4.62. The minimum atomic E-state index is -0.599. The lowest BCUT2D eigenvalue weighted by Gasteiger charge is -2.12. The highest BCUT2D eigenvalue weighted by Gasteiger charge is 2.10. The van der Waals surface area contributed by atoms with E-state index in [4.69, 9.17) is 20.9 Å². The van der Waals surface area contributed by atoms with Crippen molar-refractivity contribution in [1.29, 1.82) is 0 Å². The molecule has 0 saturated heterocycles. The number of ether oxygens (including phenoxy) is 2. The number of rotatable bonds is 7. The zero-order chi connectivity index (χ0) is 15.1. The molecule has 21 heavy (non-hydrogen) atoms. The number of amides is 2. The zero-order valence-electron chi connectivity index (χ0n) is 11.9. The first-order valence-corrected chi connectivity index (χ1v) is 6.07. The molecule has 0 aliphatic carbocycles. The Kier molecular flexibility index (Phi) is 8.18. The SMILES string of the molecule is COc1ccc(NC(=O)CC(C)N)cc1OCC(N)=O.Cl. The Bertz CT molecular complexity index is 494. The molecule has 0 heterocycles. The molecule has 1 aromatic rings. The minimum absolute atomic E-state index is 0. The molecule has 1 unspecified atom stereocenters. The van der Waals surface area contributed by atoms with Crippen molar-refractivity contribution < 1.29 is 19.1 Å². The molecule has 7 nitrogen and oxygen atoms in total. The van der Waals surface area contributed by atoms with Gasteiger partial charge in [0.2, 0.25) is 5.91 Å². The van der Waals surface area contributed by atoms with E-state index in [2.05, 4.69) is 5.32 Å². The smallest absolute Gasteiger partial charge is 0.255 e. The number of anilines is 1. The lowest BCUT2D eigenvalue weighted by Crippen LogP contribution is -2.24. The number of carbonyl (C=O) groups excluding carboxylic acids is 2. The third-order valence-electron chi connectivity index (χ3n) is 2.32. The number of methoxy groups -OCH3 is 1. The van der Waals surface area contributed by atoms with Crippen LogP contribution < -0.4 is 26.3 Å². The van der Waals surface area contributed by atoms with Crippen molar-refractivity contribution in [1.82, 2.24) is 0 Å². The van der Waals surface area contributed by atoms with Crippen molar-refractivity contribution in [3.63, 3.8) is 0 Å². The highest BCUT2D eigenvalue weighted by atomic mass is 35.5. The first kappa shape index (κ1) is 19.0. The van der Waals surface area contributed by atoms with Gasteiger partial charge in [0.15, 0.2) is 18.1 Å². The second-order valence-electron chi connectivity index (χ2n) is 4.35. The van der Waals surface area contributed by atoms with Crippen molar-refractivity contribution in [2.24, 2.45) is 11.5 Å². The molecular formula is C13H20ClN3O4. The van der Waals surface area contributed by atoms with Gasteiger partial charge in [-0.15, -0.1) is 12.4 Å². The van der Waals surface area contributed by atoms with Gasteiger partial charge in [-0.25, -0.2) is 0 Å². The Morgan fingerprint density at radius 1 is 1.33 bits per heavy atom. The Hall–Kier alpha value is -1.99. The van der Waals surface area contributed by atoms with Crippen molar-refractivity contribution in [3.8, 4) is 11.5 Å². The van der Waals surface area contributed by atoms with Crippen molar-refractivity contribution in [2.45, 2.75) is 19.4 Å². The minimum Gasteiger partial charge on any atom is -0.493 e. The first-order valence-electron chi connectivity index (χ1n) is 6.07. The number of carbonyl (C=O) groups is 2. The number of nitrogens with one attached hydrogen (secondary N) is 1. The lowest BCUT2D eigenvalue weighted by molar-refractivity contribution is -0.120. The Morgan fingerprint density at radius 3 is 2.52 bits per heavy atom. The van der Waals surface area contributed by atoms with E-state index >= 15 is 0 Å². The zero-order valence-corrected chi connectivity index (χ0v) is 12.7. The second kappa shape index (κ2) is 9.04. The fraction of sp³-hybridized carbons (Fsp3) is 0.385. The molecule has 0 aliphatic heterocycles. The van der Waals surface area contributed by atoms with Crippen LogP contribution in [0.5, 0.6) is 11.5 Å². The predicted octanol–water partition coefficient (Wildman–Crippen LogP) is 0.657. The molecule has 8 heteroatoms. The molecule has 0 saturated carbocycles. The van der Waals surface area contributed by atoms with E-state index in [0.29, 0.717) is 17.2 Å². The largest absolute Gasteiger partial charge is 0.493 e. The number of primary amides is 1. The van der Waals surface area contributed by atoms with Gasteiger partial charge in [0.25, 0.3) is 5.91 Å². The average Bonchev–Trinajstić information content (AvgIpc) is 2.35. The van der Waals surface area contributed by atoms with Crippen LogP contribution in [0.25, 0.3) is 0 Å².